The van der Waals surface area contributed by atoms with E-state index in [1.54, 1.807) is 22.6 Å². The van der Waals surface area contributed by atoms with Crippen LogP contribution in [0.1, 0.15) is 5.56 Å². The molecule has 0 saturated carbocycles. The van der Waals surface area contributed by atoms with Gasteiger partial charge < -0.3 is 10.4 Å². The summed E-state index contributed by atoms with van der Waals surface area (Å²) in [4.78, 5) is 24.3. The lowest BCUT2D eigenvalue weighted by molar-refractivity contribution is -0.138. The third kappa shape index (κ3) is 3.40. The molecule has 0 aromatic heterocycles. The molecule has 0 spiro atoms. The molecule has 1 aliphatic heterocycles. The molecule has 0 fully saturated rings. The van der Waals surface area contributed by atoms with E-state index in [0.29, 0.717) is 0 Å². The summed E-state index contributed by atoms with van der Waals surface area (Å²) in [5, 5.41) is 11.4. The van der Waals surface area contributed by atoms with Crippen LogP contribution in [0.4, 0.5) is 18.9 Å². The summed E-state index contributed by atoms with van der Waals surface area (Å²) >= 11 is 1.71. The Kier molecular flexibility index (Phi) is 4.75. The fraction of sp³-hybridized carbons (Fsp3) is 0.231. The largest absolute Gasteiger partial charge is 0.416 e. The number of aliphatic hydroxyl groups excluding tert-OH is 1. The van der Waals surface area contributed by atoms with Gasteiger partial charge in [0.2, 0.25) is 0 Å². The van der Waals surface area contributed by atoms with Crippen LogP contribution >= 0.6 is 22.6 Å². The zero-order valence-corrected chi connectivity index (χ0v) is 13.1. The molecule has 0 saturated heterocycles. The molecule has 9 heteroatoms. The molecule has 2 rings (SSSR count). The number of aliphatic hydroxyl groups is 1. The van der Waals surface area contributed by atoms with Crippen molar-refractivity contribution in [2.45, 2.75) is 6.18 Å². The van der Waals surface area contributed by atoms with Crippen LogP contribution < -0.4 is 5.32 Å². The number of alkyl halides is 3. The molecule has 118 valence electrons. The minimum Gasteiger partial charge on any atom is -0.395 e. The van der Waals surface area contributed by atoms with Gasteiger partial charge in [-0.15, -0.1) is 0 Å². The predicted molar refractivity (Wildman–Crippen MR) is 79.7 cm³/mol. The van der Waals surface area contributed by atoms with E-state index in [-0.39, 0.29) is 28.1 Å². The fourth-order valence-corrected chi connectivity index (χ4v) is 2.50. The van der Waals surface area contributed by atoms with Crippen molar-refractivity contribution in [2.75, 3.05) is 18.5 Å². The van der Waals surface area contributed by atoms with Gasteiger partial charge in [0, 0.05) is 9.65 Å². The molecule has 1 aromatic carbocycles. The van der Waals surface area contributed by atoms with Crippen molar-refractivity contribution in [3.8, 4) is 0 Å². The van der Waals surface area contributed by atoms with Crippen LogP contribution in [0.15, 0.2) is 30.0 Å². The number of nitrogens with zero attached hydrogens (tertiary/aromatic N) is 1. The van der Waals surface area contributed by atoms with Crippen molar-refractivity contribution in [2.24, 2.45) is 0 Å². The van der Waals surface area contributed by atoms with Gasteiger partial charge in [0.1, 0.15) is 5.70 Å². The molecular weight excluding hydrogens is 416 g/mol. The quantitative estimate of drug-likeness (QED) is 0.571. The maximum Gasteiger partial charge on any atom is 0.416 e. The number of imide groups is 1. The van der Waals surface area contributed by atoms with E-state index in [0.717, 1.165) is 23.1 Å². The maximum atomic E-state index is 12.6. The smallest absolute Gasteiger partial charge is 0.395 e. The number of carbonyl (C=O) groups excluding carboxylic acids is 2. The minimum atomic E-state index is -4.45. The lowest BCUT2D eigenvalue weighted by Crippen LogP contribution is -2.34. The van der Waals surface area contributed by atoms with Gasteiger partial charge in [-0.3, -0.25) is 14.5 Å². The van der Waals surface area contributed by atoms with E-state index in [1.807, 2.05) is 0 Å². The highest BCUT2D eigenvalue weighted by molar-refractivity contribution is 14.1. The maximum absolute atomic E-state index is 12.6. The molecule has 0 aliphatic carbocycles. The molecule has 0 radical (unpaired) electrons. The van der Waals surface area contributed by atoms with E-state index in [4.69, 9.17) is 5.11 Å². The molecule has 0 bridgehead atoms. The predicted octanol–water partition coefficient (Wildman–Crippen LogP) is 1.97. The van der Waals surface area contributed by atoms with Crippen LogP contribution in [-0.2, 0) is 15.8 Å². The Morgan fingerprint density at radius 1 is 1.27 bits per heavy atom. The summed E-state index contributed by atoms with van der Waals surface area (Å²) in [5.74, 6) is -1.21. The highest BCUT2D eigenvalue weighted by Gasteiger charge is 2.32. The van der Waals surface area contributed by atoms with Gasteiger partial charge in [-0.2, -0.15) is 13.2 Å². The number of hydrogen-bond donors (Lipinski definition) is 2. The molecule has 1 aliphatic rings. The standard InChI is InChI=1S/C13H10F3IN2O3/c14-13(15,16)7-1-2-9(8(17)5-7)18-10-6-11(21)19(3-4-20)12(10)22/h1-2,5-6,18,20H,3-4H2. The van der Waals surface area contributed by atoms with Gasteiger partial charge in [0.15, 0.2) is 0 Å². The molecule has 5 nitrogen and oxygen atoms in total. The molecule has 22 heavy (non-hydrogen) atoms. The first kappa shape index (κ1) is 16.7. The number of rotatable bonds is 4. The van der Waals surface area contributed by atoms with E-state index in [9.17, 15) is 22.8 Å². The number of carbonyl (C=O) groups is 2. The van der Waals surface area contributed by atoms with Crippen molar-refractivity contribution in [3.05, 3.63) is 39.1 Å². The van der Waals surface area contributed by atoms with E-state index in [2.05, 4.69) is 5.32 Å². The van der Waals surface area contributed by atoms with Crippen molar-refractivity contribution in [1.29, 1.82) is 0 Å². The second kappa shape index (κ2) is 6.24. The molecule has 0 unspecified atom stereocenters. The summed E-state index contributed by atoms with van der Waals surface area (Å²) in [7, 11) is 0. The Labute approximate surface area is 136 Å². The van der Waals surface area contributed by atoms with Crippen molar-refractivity contribution < 1.29 is 27.9 Å². The first-order chi connectivity index (χ1) is 10.2. The first-order valence-corrected chi connectivity index (χ1v) is 7.14. The monoisotopic (exact) mass is 426 g/mol. The Morgan fingerprint density at radius 2 is 1.95 bits per heavy atom. The second-order valence-electron chi connectivity index (χ2n) is 4.39. The average Bonchev–Trinajstić information content (AvgIpc) is 2.68. The van der Waals surface area contributed by atoms with Gasteiger partial charge in [-0.1, -0.05) is 0 Å². The first-order valence-electron chi connectivity index (χ1n) is 6.06. The normalized spacial score (nSPS) is 15.3. The summed E-state index contributed by atoms with van der Waals surface area (Å²) in [6, 6.07) is 3.02. The SMILES string of the molecule is O=C1C=C(Nc2ccc(C(F)(F)F)cc2I)C(=O)N1CCO. The van der Waals surface area contributed by atoms with Crippen molar-refractivity contribution >= 4 is 40.1 Å². The zero-order valence-electron chi connectivity index (χ0n) is 10.9. The molecule has 2 amide bonds. The van der Waals surface area contributed by atoms with E-state index >= 15 is 0 Å². The van der Waals surface area contributed by atoms with Crippen molar-refractivity contribution in [3.63, 3.8) is 0 Å². The van der Waals surface area contributed by atoms with E-state index in [1.165, 1.54) is 6.07 Å². The lowest BCUT2D eigenvalue weighted by Gasteiger charge is -2.14. The van der Waals surface area contributed by atoms with Crippen molar-refractivity contribution in [1.82, 2.24) is 4.90 Å². The molecule has 0 atom stereocenters. The summed E-state index contributed by atoms with van der Waals surface area (Å²) in [6.07, 6.45) is -3.40. The van der Waals surface area contributed by atoms with Crippen LogP contribution in [0, 0.1) is 3.57 Å². The van der Waals surface area contributed by atoms with Crippen LogP contribution in [-0.4, -0.2) is 35.0 Å². The summed E-state index contributed by atoms with van der Waals surface area (Å²) < 4.78 is 38.0. The number of hydrogen-bond acceptors (Lipinski definition) is 4. The Morgan fingerprint density at radius 3 is 2.50 bits per heavy atom. The summed E-state index contributed by atoms with van der Waals surface area (Å²) in [6.45, 7) is -0.500. The molecule has 2 N–H and O–H groups in total. The number of anilines is 1. The third-order valence-electron chi connectivity index (χ3n) is 2.90. The zero-order chi connectivity index (χ0) is 16.5. The Hall–Kier alpha value is -1.62. The van der Waals surface area contributed by atoms with Crippen LogP contribution in [0.25, 0.3) is 0 Å². The van der Waals surface area contributed by atoms with E-state index < -0.39 is 23.6 Å². The van der Waals surface area contributed by atoms with Crippen LogP contribution in [0.5, 0.6) is 0 Å². The fourth-order valence-electron chi connectivity index (χ4n) is 1.85. The van der Waals surface area contributed by atoms with Gasteiger partial charge in [-0.05, 0) is 40.8 Å². The number of amides is 2. The third-order valence-corrected chi connectivity index (χ3v) is 3.79. The number of nitrogens with one attached hydrogen (secondary N) is 1. The number of benzene rings is 1. The van der Waals surface area contributed by atoms with Gasteiger partial charge in [-0.25, -0.2) is 0 Å². The molecule has 1 heterocycles. The number of β-amino-alcohol motifs (C(OH)–C–C–N with tert-alkyl or cyclic N) is 1. The summed E-state index contributed by atoms with van der Waals surface area (Å²) in [5.41, 5.74) is -0.560. The van der Waals surface area contributed by atoms with Crippen LogP contribution in [0.2, 0.25) is 0 Å². The highest BCUT2D eigenvalue weighted by atomic mass is 127. The van der Waals surface area contributed by atoms with Gasteiger partial charge in [0.25, 0.3) is 11.8 Å². The highest BCUT2D eigenvalue weighted by Crippen LogP contribution is 2.33. The Balaban J connectivity index is 2.20. The van der Waals surface area contributed by atoms with Gasteiger partial charge in [0.05, 0.1) is 24.4 Å². The lowest BCUT2D eigenvalue weighted by atomic mass is 10.2. The topological polar surface area (TPSA) is 69.6 Å². The average molecular weight is 426 g/mol. The Bertz CT molecular complexity index is 658. The van der Waals surface area contributed by atoms with Crippen LogP contribution in [0.3, 0.4) is 0 Å². The van der Waals surface area contributed by atoms with Gasteiger partial charge >= 0.3 is 6.18 Å². The molecule has 1 aromatic rings. The molecular formula is C13H10F3IN2O3. The number of halogens is 4. The minimum absolute atomic E-state index is 0.0453. The second-order valence-corrected chi connectivity index (χ2v) is 5.56.